The molecule has 0 aromatic rings. The van der Waals surface area contributed by atoms with Gasteiger partial charge in [0.2, 0.25) is 0 Å². The first-order valence-electron chi connectivity index (χ1n) is 5.25. The Kier molecular flexibility index (Phi) is 6.39. The van der Waals surface area contributed by atoms with Crippen molar-refractivity contribution in [3.05, 3.63) is 0 Å². The van der Waals surface area contributed by atoms with Gasteiger partial charge in [-0.1, -0.05) is 6.92 Å². The van der Waals surface area contributed by atoms with Crippen LogP contribution < -0.4 is 5.73 Å². The highest BCUT2D eigenvalue weighted by molar-refractivity contribution is 4.89. The zero-order valence-corrected chi connectivity index (χ0v) is 9.63. The monoisotopic (exact) mass is 237 g/mol. The number of aliphatic hydroxyl groups excluding tert-OH is 5. The molecule has 0 fully saturated rings. The summed E-state index contributed by atoms with van der Waals surface area (Å²) in [5.41, 5.74) is 3.40. The van der Waals surface area contributed by atoms with Crippen LogP contribution >= 0.6 is 0 Å². The van der Waals surface area contributed by atoms with Crippen LogP contribution in [0.1, 0.15) is 13.3 Å². The number of hydrogen-bond donors (Lipinski definition) is 6. The molecule has 0 bridgehead atoms. The third-order valence-electron chi connectivity index (χ3n) is 3.26. The van der Waals surface area contributed by atoms with Gasteiger partial charge in [0.25, 0.3) is 0 Å². The maximum Gasteiger partial charge on any atom is 0.0645 e. The van der Waals surface area contributed by atoms with Gasteiger partial charge in [0, 0.05) is 17.4 Å². The molecule has 0 aromatic heterocycles. The van der Waals surface area contributed by atoms with Crippen molar-refractivity contribution in [2.24, 2.45) is 16.6 Å². The summed E-state index contributed by atoms with van der Waals surface area (Å²) < 4.78 is 0. The molecule has 16 heavy (non-hydrogen) atoms. The molecule has 1 atom stereocenters. The molecular weight excluding hydrogens is 214 g/mol. The first kappa shape index (κ1) is 15.8. The molecule has 6 heteroatoms. The van der Waals surface area contributed by atoms with Gasteiger partial charge < -0.3 is 31.3 Å². The van der Waals surface area contributed by atoms with E-state index in [0.29, 0.717) is 0 Å². The zero-order chi connectivity index (χ0) is 12.8. The average molecular weight is 237 g/mol. The minimum atomic E-state index is -1.06. The fourth-order valence-electron chi connectivity index (χ4n) is 1.31. The van der Waals surface area contributed by atoms with Gasteiger partial charge >= 0.3 is 0 Å². The van der Waals surface area contributed by atoms with E-state index in [4.69, 9.17) is 26.2 Å². The molecule has 0 rings (SSSR count). The molecule has 98 valence electrons. The van der Waals surface area contributed by atoms with Gasteiger partial charge in [-0.3, -0.25) is 0 Å². The van der Waals surface area contributed by atoms with E-state index in [1.165, 1.54) is 6.92 Å². The summed E-state index contributed by atoms with van der Waals surface area (Å²) >= 11 is 0. The Morgan fingerprint density at radius 1 is 1.00 bits per heavy atom. The van der Waals surface area contributed by atoms with Crippen molar-refractivity contribution in [3.8, 4) is 0 Å². The molecular formula is C10H23NO5. The highest BCUT2D eigenvalue weighted by Gasteiger charge is 2.38. The maximum atomic E-state index is 9.90. The molecule has 7 N–H and O–H groups in total. The summed E-state index contributed by atoms with van der Waals surface area (Å²) in [7, 11) is 0. The number of rotatable bonds is 8. The lowest BCUT2D eigenvalue weighted by molar-refractivity contribution is -0.0771. The number of hydrogen-bond acceptors (Lipinski definition) is 6. The quantitative estimate of drug-likeness (QED) is 0.281. The molecule has 0 aliphatic rings. The molecule has 0 aliphatic heterocycles. The molecule has 0 heterocycles. The number of aliphatic hydroxyl groups is 5. The third-order valence-corrected chi connectivity index (χ3v) is 3.26. The maximum absolute atomic E-state index is 9.90. The van der Waals surface area contributed by atoms with E-state index >= 15 is 0 Å². The van der Waals surface area contributed by atoms with E-state index in [0.717, 1.165) is 0 Å². The standard InChI is InChI=1S/C10H23NO5/c1-9(4-12,5-13)8(16)2-10(3-11,6-14)7-15/h8,12-16H,2-7,11H2,1H3. The number of nitrogens with two attached hydrogens (primary N) is 1. The van der Waals surface area contributed by atoms with Crippen molar-refractivity contribution in [3.63, 3.8) is 0 Å². The Labute approximate surface area is 95.3 Å². The van der Waals surface area contributed by atoms with Gasteiger partial charge in [0.05, 0.1) is 32.5 Å². The molecule has 0 spiro atoms. The summed E-state index contributed by atoms with van der Waals surface area (Å²) in [6, 6.07) is 0. The topological polar surface area (TPSA) is 127 Å². The van der Waals surface area contributed by atoms with E-state index < -0.39 is 16.9 Å². The van der Waals surface area contributed by atoms with Crippen molar-refractivity contribution in [1.29, 1.82) is 0 Å². The summed E-state index contributed by atoms with van der Waals surface area (Å²) in [5, 5.41) is 46.4. The van der Waals surface area contributed by atoms with Crippen LogP contribution in [0, 0.1) is 10.8 Å². The molecule has 0 aliphatic carbocycles. The first-order chi connectivity index (χ1) is 7.43. The van der Waals surface area contributed by atoms with Crippen molar-refractivity contribution >= 4 is 0 Å². The van der Waals surface area contributed by atoms with Crippen molar-refractivity contribution in [2.45, 2.75) is 19.4 Å². The van der Waals surface area contributed by atoms with Crippen LogP contribution in [0.5, 0.6) is 0 Å². The van der Waals surface area contributed by atoms with Crippen molar-refractivity contribution in [2.75, 3.05) is 33.0 Å². The van der Waals surface area contributed by atoms with E-state index in [-0.39, 0.29) is 39.4 Å². The van der Waals surface area contributed by atoms with Gasteiger partial charge in [-0.05, 0) is 6.42 Å². The van der Waals surface area contributed by atoms with Crippen LogP contribution in [0.15, 0.2) is 0 Å². The van der Waals surface area contributed by atoms with Gasteiger partial charge in [0.15, 0.2) is 0 Å². The summed E-state index contributed by atoms with van der Waals surface area (Å²) in [4.78, 5) is 0. The molecule has 0 saturated heterocycles. The van der Waals surface area contributed by atoms with E-state index in [1.54, 1.807) is 0 Å². The minimum Gasteiger partial charge on any atom is -0.396 e. The molecule has 0 amide bonds. The second kappa shape index (κ2) is 6.48. The van der Waals surface area contributed by atoms with Crippen LogP contribution in [0.2, 0.25) is 0 Å². The van der Waals surface area contributed by atoms with Crippen molar-refractivity contribution < 1.29 is 25.5 Å². The second-order valence-electron chi connectivity index (χ2n) is 4.71. The van der Waals surface area contributed by atoms with Crippen molar-refractivity contribution in [1.82, 2.24) is 0 Å². The van der Waals surface area contributed by atoms with Crippen LogP contribution in [0.25, 0.3) is 0 Å². The summed E-state index contributed by atoms with van der Waals surface area (Å²) in [6.45, 7) is 0.0516. The molecule has 0 saturated carbocycles. The first-order valence-corrected chi connectivity index (χ1v) is 5.25. The summed E-state index contributed by atoms with van der Waals surface area (Å²) in [5.74, 6) is 0. The molecule has 0 radical (unpaired) electrons. The van der Waals surface area contributed by atoms with Crippen LogP contribution in [0.3, 0.4) is 0 Å². The third kappa shape index (κ3) is 3.38. The van der Waals surface area contributed by atoms with E-state index in [2.05, 4.69) is 0 Å². The molecule has 0 aromatic carbocycles. The lowest BCUT2D eigenvalue weighted by Crippen LogP contribution is -2.47. The predicted octanol–water partition coefficient (Wildman–Crippen LogP) is -2.34. The normalized spacial score (nSPS) is 15.2. The lowest BCUT2D eigenvalue weighted by atomic mass is 9.75. The second-order valence-corrected chi connectivity index (χ2v) is 4.71. The van der Waals surface area contributed by atoms with Gasteiger partial charge in [-0.25, -0.2) is 0 Å². The summed E-state index contributed by atoms with van der Waals surface area (Å²) in [6.07, 6.45) is -1.03. The molecule has 1 unspecified atom stereocenters. The van der Waals surface area contributed by atoms with Gasteiger partial charge in [-0.15, -0.1) is 0 Å². The predicted molar refractivity (Wildman–Crippen MR) is 58.6 cm³/mol. The lowest BCUT2D eigenvalue weighted by Gasteiger charge is -2.37. The van der Waals surface area contributed by atoms with Crippen LogP contribution in [0.4, 0.5) is 0 Å². The van der Waals surface area contributed by atoms with Crippen LogP contribution in [-0.2, 0) is 0 Å². The fraction of sp³-hybridized carbons (Fsp3) is 1.00. The average Bonchev–Trinajstić information content (AvgIpc) is 2.34. The Morgan fingerprint density at radius 3 is 1.69 bits per heavy atom. The molecule has 6 nitrogen and oxygen atoms in total. The Hall–Kier alpha value is -0.240. The SMILES string of the molecule is CC(CO)(CO)C(O)CC(CN)(CO)CO. The fourth-order valence-corrected chi connectivity index (χ4v) is 1.31. The minimum absolute atomic E-state index is 0.0179. The van der Waals surface area contributed by atoms with Crippen LogP contribution in [-0.4, -0.2) is 64.6 Å². The van der Waals surface area contributed by atoms with E-state index in [1.807, 2.05) is 0 Å². The highest BCUT2D eigenvalue weighted by Crippen LogP contribution is 2.30. The Bertz CT molecular complexity index is 183. The highest BCUT2D eigenvalue weighted by atomic mass is 16.3. The smallest absolute Gasteiger partial charge is 0.0645 e. The zero-order valence-electron chi connectivity index (χ0n) is 9.63. The van der Waals surface area contributed by atoms with E-state index in [9.17, 15) is 5.11 Å². The Morgan fingerprint density at radius 2 is 1.44 bits per heavy atom. The van der Waals surface area contributed by atoms with Gasteiger partial charge in [-0.2, -0.15) is 0 Å². The Balaban J connectivity index is 4.68. The van der Waals surface area contributed by atoms with Gasteiger partial charge in [0.1, 0.15) is 0 Å². The largest absolute Gasteiger partial charge is 0.396 e.